The van der Waals surface area contributed by atoms with E-state index in [-0.39, 0.29) is 23.8 Å². The molecule has 0 heterocycles. The topological polar surface area (TPSA) is 41.1 Å². The lowest BCUT2D eigenvalue weighted by atomic mass is 9.84. The number of amides is 2. The summed E-state index contributed by atoms with van der Waals surface area (Å²) in [5.74, 6) is -0.343. The van der Waals surface area contributed by atoms with Crippen LogP contribution in [0.3, 0.4) is 0 Å². The molecule has 0 radical (unpaired) electrons. The molecule has 0 saturated heterocycles. The smallest absolute Gasteiger partial charge is 0.319 e. The molecule has 5 heteroatoms. The zero-order valence-corrected chi connectivity index (χ0v) is 15.9. The number of carbonyl (C=O) groups excluding carboxylic acids is 1. The summed E-state index contributed by atoms with van der Waals surface area (Å²) in [7, 11) is 0. The van der Waals surface area contributed by atoms with Gasteiger partial charge in [0.2, 0.25) is 0 Å². The van der Waals surface area contributed by atoms with E-state index in [1.54, 1.807) is 12.1 Å². The molecule has 128 valence electrons. The molecule has 2 N–H and O–H groups in total. The predicted octanol–water partition coefficient (Wildman–Crippen LogP) is 5.52. The first-order valence-corrected chi connectivity index (χ1v) is 8.56. The SMILES string of the molecule is Cc1cccc(C(C)(C)C)c1NC(=O)NCc1cc(Br)ccc1F. The molecule has 24 heavy (non-hydrogen) atoms. The van der Waals surface area contributed by atoms with Gasteiger partial charge in [0.25, 0.3) is 0 Å². The molecule has 3 nitrogen and oxygen atoms in total. The molecular formula is C19H22BrFN2O. The first-order valence-electron chi connectivity index (χ1n) is 7.77. The summed E-state index contributed by atoms with van der Waals surface area (Å²) in [6.45, 7) is 8.37. The third-order valence-electron chi connectivity index (χ3n) is 3.77. The first kappa shape index (κ1) is 18.5. The molecule has 0 aromatic heterocycles. The monoisotopic (exact) mass is 392 g/mol. The summed E-state index contributed by atoms with van der Waals surface area (Å²) >= 11 is 3.30. The molecule has 0 bridgehead atoms. The van der Waals surface area contributed by atoms with Crippen molar-refractivity contribution in [2.45, 2.75) is 39.7 Å². The van der Waals surface area contributed by atoms with Crippen molar-refractivity contribution in [1.82, 2.24) is 5.32 Å². The van der Waals surface area contributed by atoms with Gasteiger partial charge in [-0.05, 0) is 41.7 Å². The highest BCUT2D eigenvalue weighted by atomic mass is 79.9. The molecule has 2 amide bonds. The molecule has 0 aliphatic heterocycles. The molecular weight excluding hydrogens is 371 g/mol. The largest absolute Gasteiger partial charge is 0.334 e. The van der Waals surface area contributed by atoms with Gasteiger partial charge in [0.15, 0.2) is 0 Å². The predicted molar refractivity (Wildman–Crippen MR) is 99.8 cm³/mol. The standard InChI is InChI=1S/C19H22BrFN2O/c1-12-6-5-7-15(19(2,3)4)17(12)23-18(24)22-11-13-10-14(20)8-9-16(13)21/h5-10H,11H2,1-4H3,(H2,22,23,24). The van der Waals surface area contributed by atoms with Crippen LogP contribution in [-0.4, -0.2) is 6.03 Å². The van der Waals surface area contributed by atoms with Crippen LogP contribution < -0.4 is 10.6 Å². The number of hydrogen-bond donors (Lipinski definition) is 2. The number of anilines is 1. The van der Waals surface area contributed by atoms with Crippen LogP contribution in [0, 0.1) is 12.7 Å². The Morgan fingerprint density at radius 2 is 1.92 bits per heavy atom. The minimum Gasteiger partial charge on any atom is -0.334 e. The van der Waals surface area contributed by atoms with E-state index < -0.39 is 0 Å². The van der Waals surface area contributed by atoms with Gasteiger partial charge >= 0.3 is 6.03 Å². The van der Waals surface area contributed by atoms with Gasteiger partial charge in [0, 0.05) is 22.3 Å². The fourth-order valence-corrected chi connectivity index (χ4v) is 2.88. The lowest BCUT2D eigenvalue weighted by Crippen LogP contribution is -2.30. The molecule has 0 unspecified atom stereocenters. The Morgan fingerprint density at radius 1 is 1.21 bits per heavy atom. The van der Waals surface area contributed by atoms with Gasteiger partial charge in [0.05, 0.1) is 0 Å². The number of para-hydroxylation sites is 1. The van der Waals surface area contributed by atoms with Crippen LogP contribution in [0.2, 0.25) is 0 Å². The average molecular weight is 393 g/mol. The molecule has 0 saturated carbocycles. The highest BCUT2D eigenvalue weighted by molar-refractivity contribution is 9.10. The average Bonchev–Trinajstić information content (AvgIpc) is 2.49. The summed E-state index contributed by atoms with van der Waals surface area (Å²) in [5, 5.41) is 5.62. The van der Waals surface area contributed by atoms with Crippen LogP contribution in [0.25, 0.3) is 0 Å². The van der Waals surface area contributed by atoms with Crippen LogP contribution in [-0.2, 0) is 12.0 Å². The lowest BCUT2D eigenvalue weighted by Gasteiger charge is -2.24. The molecule has 0 spiro atoms. The Labute approximate surface area is 150 Å². The van der Waals surface area contributed by atoms with E-state index in [4.69, 9.17) is 0 Å². The number of hydrogen-bond acceptors (Lipinski definition) is 1. The van der Waals surface area contributed by atoms with Crippen molar-refractivity contribution < 1.29 is 9.18 Å². The number of benzene rings is 2. The van der Waals surface area contributed by atoms with Crippen molar-refractivity contribution >= 4 is 27.6 Å². The van der Waals surface area contributed by atoms with Gasteiger partial charge in [-0.1, -0.05) is 54.9 Å². The number of rotatable bonds is 3. The van der Waals surface area contributed by atoms with E-state index in [1.165, 1.54) is 6.07 Å². The zero-order chi connectivity index (χ0) is 17.9. The van der Waals surface area contributed by atoms with Gasteiger partial charge in [0.1, 0.15) is 5.82 Å². The summed E-state index contributed by atoms with van der Waals surface area (Å²) < 4.78 is 14.5. The van der Waals surface area contributed by atoms with Gasteiger partial charge in [-0.15, -0.1) is 0 Å². The van der Waals surface area contributed by atoms with Crippen LogP contribution in [0.15, 0.2) is 40.9 Å². The highest BCUT2D eigenvalue weighted by Gasteiger charge is 2.20. The molecule has 0 fully saturated rings. The number of nitrogens with one attached hydrogen (secondary N) is 2. The Hall–Kier alpha value is -1.88. The van der Waals surface area contributed by atoms with Gasteiger partial charge in [-0.25, -0.2) is 9.18 Å². The minimum absolute atomic E-state index is 0.0922. The maximum absolute atomic E-state index is 13.7. The van der Waals surface area contributed by atoms with Crippen LogP contribution in [0.4, 0.5) is 14.9 Å². The Morgan fingerprint density at radius 3 is 2.58 bits per heavy atom. The highest BCUT2D eigenvalue weighted by Crippen LogP contribution is 2.31. The number of urea groups is 1. The van der Waals surface area contributed by atoms with Crippen LogP contribution in [0.1, 0.15) is 37.5 Å². The summed E-state index contributed by atoms with van der Waals surface area (Å²) in [4.78, 5) is 12.3. The van der Waals surface area contributed by atoms with E-state index in [9.17, 15) is 9.18 Å². The van der Waals surface area contributed by atoms with E-state index in [0.29, 0.717) is 5.56 Å². The van der Waals surface area contributed by atoms with Gasteiger partial charge in [-0.3, -0.25) is 0 Å². The number of halogens is 2. The number of carbonyl (C=O) groups is 1. The fraction of sp³-hybridized carbons (Fsp3) is 0.316. The van der Waals surface area contributed by atoms with Crippen molar-refractivity contribution in [2.24, 2.45) is 0 Å². The quantitative estimate of drug-likeness (QED) is 0.709. The zero-order valence-electron chi connectivity index (χ0n) is 14.3. The second-order valence-corrected chi connectivity index (χ2v) is 7.71. The maximum atomic E-state index is 13.7. The summed E-state index contributed by atoms with van der Waals surface area (Å²) in [5.41, 5.74) is 3.19. The van der Waals surface area contributed by atoms with Crippen LogP contribution in [0.5, 0.6) is 0 Å². The first-order chi connectivity index (χ1) is 11.2. The lowest BCUT2D eigenvalue weighted by molar-refractivity contribution is 0.251. The Balaban J connectivity index is 2.12. The van der Waals surface area contributed by atoms with Crippen molar-refractivity contribution in [3.05, 3.63) is 63.4 Å². The van der Waals surface area contributed by atoms with Crippen molar-refractivity contribution in [3.8, 4) is 0 Å². The molecule has 0 aliphatic rings. The van der Waals surface area contributed by atoms with Gasteiger partial charge < -0.3 is 10.6 Å². The molecule has 0 aliphatic carbocycles. The molecule has 2 aromatic carbocycles. The summed E-state index contributed by atoms with van der Waals surface area (Å²) in [6, 6.07) is 10.3. The van der Waals surface area contributed by atoms with Crippen molar-refractivity contribution in [2.75, 3.05) is 5.32 Å². The second kappa shape index (κ2) is 7.34. The Kier molecular flexibility index (Phi) is 5.65. The van der Waals surface area contributed by atoms with E-state index in [2.05, 4.69) is 47.3 Å². The third kappa shape index (κ3) is 4.57. The Bertz CT molecular complexity index is 754. The maximum Gasteiger partial charge on any atom is 0.319 e. The normalized spacial score (nSPS) is 11.2. The van der Waals surface area contributed by atoms with Crippen molar-refractivity contribution in [3.63, 3.8) is 0 Å². The molecule has 0 atom stereocenters. The minimum atomic E-state index is -0.353. The second-order valence-electron chi connectivity index (χ2n) is 6.79. The summed E-state index contributed by atoms with van der Waals surface area (Å²) in [6.07, 6.45) is 0. The van der Waals surface area contributed by atoms with Crippen LogP contribution >= 0.6 is 15.9 Å². The fourth-order valence-electron chi connectivity index (χ4n) is 2.47. The third-order valence-corrected chi connectivity index (χ3v) is 4.26. The van der Waals surface area contributed by atoms with E-state index in [1.807, 2.05) is 25.1 Å². The van der Waals surface area contributed by atoms with Gasteiger partial charge in [-0.2, -0.15) is 0 Å². The van der Waals surface area contributed by atoms with E-state index in [0.717, 1.165) is 21.3 Å². The van der Waals surface area contributed by atoms with E-state index >= 15 is 0 Å². The number of aryl methyl sites for hydroxylation is 1. The molecule has 2 rings (SSSR count). The van der Waals surface area contributed by atoms with Crippen molar-refractivity contribution in [1.29, 1.82) is 0 Å². The molecule has 2 aromatic rings.